The molecule has 1 atom stereocenters. The van der Waals surface area contributed by atoms with Crippen molar-refractivity contribution in [2.24, 2.45) is 0 Å². The third-order valence-corrected chi connectivity index (χ3v) is 3.72. The van der Waals surface area contributed by atoms with Crippen LogP contribution in [0, 0.1) is 17.0 Å². The second-order valence-electron chi connectivity index (χ2n) is 5.95. The number of hydrogen-bond donors (Lipinski definition) is 2. The zero-order valence-electron chi connectivity index (χ0n) is 14.7. The number of methoxy groups -OCH3 is 1. The number of ether oxygens (including phenoxy) is 2. The number of aryl methyl sites for hydroxylation is 1. The van der Waals surface area contributed by atoms with E-state index in [1.54, 1.807) is 38.3 Å². The van der Waals surface area contributed by atoms with Gasteiger partial charge in [0.2, 0.25) is 0 Å². The standard InChI is InChI=1S/C18H20N2O6/c1-12-10-13(4-9-16(12)20(23)24)19-17(21)18(2,22)11-26-15-7-5-14(25-3)6-8-15/h4-10,22H,11H2,1-3H3,(H,19,21). The van der Waals surface area contributed by atoms with E-state index in [-0.39, 0.29) is 12.3 Å². The van der Waals surface area contributed by atoms with Gasteiger partial charge in [-0.25, -0.2) is 0 Å². The summed E-state index contributed by atoms with van der Waals surface area (Å²) in [5.41, 5.74) is -1.09. The summed E-state index contributed by atoms with van der Waals surface area (Å²) < 4.78 is 10.5. The first-order chi connectivity index (χ1) is 12.2. The van der Waals surface area contributed by atoms with Crippen LogP contribution in [0.4, 0.5) is 11.4 Å². The van der Waals surface area contributed by atoms with Crippen molar-refractivity contribution < 1.29 is 24.3 Å². The number of aliphatic hydroxyl groups is 1. The van der Waals surface area contributed by atoms with Gasteiger partial charge in [0.25, 0.3) is 11.6 Å². The highest BCUT2D eigenvalue weighted by atomic mass is 16.6. The highest BCUT2D eigenvalue weighted by Crippen LogP contribution is 2.23. The van der Waals surface area contributed by atoms with Gasteiger partial charge in [0.15, 0.2) is 5.60 Å². The Hall–Kier alpha value is -3.13. The number of nitrogens with one attached hydrogen (secondary N) is 1. The zero-order valence-corrected chi connectivity index (χ0v) is 14.7. The number of rotatable bonds is 7. The maximum Gasteiger partial charge on any atom is 0.272 e. The fourth-order valence-electron chi connectivity index (χ4n) is 2.17. The Labute approximate surface area is 150 Å². The van der Waals surface area contributed by atoms with Crippen LogP contribution < -0.4 is 14.8 Å². The summed E-state index contributed by atoms with van der Waals surface area (Å²) in [4.78, 5) is 22.6. The Morgan fingerprint density at radius 3 is 2.38 bits per heavy atom. The van der Waals surface area contributed by atoms with Crippen LogP contribution in [-0.2, 0) is 4.79 Å². The van der Waals surface area contributed by atoms with Gasteiger partial charge in [-0.15, -0.1) is 0 Å². The van der Waals surface area contributed by atoms with Crippen molar-refractivity contribution in [3.8, 4) is 11.5 Å². The molecule has 26 heavy (non-hydrogen) atoms. The van der Waals surface area contributed by atoms with Gasteiger partial charge in [-0.3, -0.25) is 14.9 Å². The average molecular weight is 360 g/mol. The van der Waals surface area contributed by atoms with Crippen LogP contribution in [0.15, 0.2) is 42.5 Å². The molecule has 0 fully saturated rings. The Balaban J connectivity index is 2.00. The molecule has 2 aromatic rings. The second-order valence-corrected chi connectivity index (χ2v) is 5.95. The van der Waals surface area contributed by atoms with Crippen molar-refractivity contribution in [3.05, 3.63) is 58.1 Å². The first-order valence-electron chi connectivity index (χ1n) is 7.78. The van der Waals surface area contributed by atoms with E-state index in [4.69, 9.17) is 9.47 Å². The summed E-state index contributed by atoms with van der Waals surface area (Å²) in [7, 11) is 1.55. The van der Waals surface area contributed by atoms with Crippen LogP contribution in [0.3, 0.4) is 0 Å². The molecule has 8 nitrogen and oxygen atoms in total. The van der Waals surface area contributed by atoms with Crippen molar-refractivity contribution in [3.63, 3.8) is 0 Å². The normalized spacial score (nSPS) is 12.8. The zero-order chi connectivity index (χ0) is 19.3. The molecule has 0 aliphatic heterocycles. The molecular weight excluding hydrogens is 340 g/mol. The minimum atomic E-state index is -1.80. The first-order valence-corrected chi connectivity index (χ1v) is 7.78. The fraction of sp³-hybridized carbons (Fsp3) is 0.278. The number of amides is 1. The van der Waals surface area contributed by atoms with Crippen LogP contribution in [-0.4, -0.2) is 35.3 Å². The van der Waals surface area contributed by atoms with Gasteiger partial charge in [0.1, 0.15) is 18.1 Å². The molecule has 0 spiro atoms. The Kier molecular flexibility index (Phi) is 5.78. The molecule has 1 amide bonds. The lowest BCUT2D eigenvalue weighted by atomic mass is 10.1. The lowest BCUT2D eigenvalue weighted by Crippen LogP contribution is -2.45. The van der Waals surface area contributed by atoms with Crippen molar-refractivity contribution in [1.82, 2.24) is 0 Å². The summed E-state index contributed by atoms with van der Waals surface area (Å²) >= 11 is 0. The topological polar surface area (TPSA) is 111 Å². The summed E-state index contributed by atoms with van der Waals surface area (Å²) in [6.07, 6.45) is 0. The van der Waals surface area contributed by atoms with E-state index in [0.717, 1.165) is 0 Å². The summed E-state index contributed by atoms with van der Waals surface area (Å²) in [5.74, 6) is 0.458. The predicted molar refractivity (Wildman–Crippen MR) is 95.6 cm³/mol. The largest absolute Gasteiger partial charge is 0.497 e. The van der Waals surface area contributed by atoms with Gasteiger partial charge >= 0.3 is 0 Å². The minimum absolute atomic E-state index is 0.0439. The molecule has 0 saturated carbocycles. The Morgan fingerprint density at radius 2 is 1.85 bits per heavy atom. The van der Waals surface area contributed by atoms with Crippen LogP contribution >= 0.6 is 0 Å². The van der Waals surface area contributed by atoms with Gasteiger partial charge in [0.05, 0.1) is 12.0 Å². The molecule has 2 rings (SSSR count). The summed E-state index contributed by atoms with van der Waals surface area (Å²) in [6.45, 7) is 2.62. The molecule has 0 radical (unpaired) electrons. The van der Waals surface area contributed by atoms with E-state index in [1.807, 2.05) is 0 Å². The molecule has 2 aromatic carbocycles. The number of anilines is 1. The van der Waals surface area contributed by atoms with E-state index in [1.165, 1.54) is 25.1 Å². The first kappa shape index (κ1) is 19.2. The predicted octanol–water partition coefficient (Wildman–Crippen LogP) is 2.68. The molecule has 138 valence electrons. The maximum absolute atomic E-state index is 12.3. The minimum Gasteiger partial charge on any atom is -0.497 e. The molecule has 0 aromatic heterocycles. The smallest absolute Gasteiger partial charge is 0.272 e. The number of nitrogens with zero attached hydrogens (tertiary/aromatic N) is 1. The number of benzene rings is 2. The number of hydrogen-bond acceptors (Lipinski definition) is 6. The van der Waals surface area contributed by atoms with Crippen LogP contribution in [0.25, 0.3) is 0 Å². The van der Waals surface area contributed by atoms with Gasteiger partial charge in [-0.1, -0.05) is 0 Å². The van der Waals surface area contributed by atoms with Crippen molar-refractivity contribution >= 4 is 17.3 Å². The van der Waals surface area contributed by atoms with E-state index in [0.29, 0.717) is 22.7 Å². The van der Waals surface area contributed by atoms with E-state index in [9.17, 15) is 20.0 Å². The summed E-state index contributed by atoms with van der Waals surface area (Å²) in [5, 5.41) is 23.7. The molecule has 0 saturated heterocycles. The highest BCUT2D eigenvalue weighted by molar-refractivity contribution is 5.97. The van der Waals surface area contributed by atoms with E-state index >= 15 is 0 Å². The number of nitro benzene ring substituents is 1. The molecule has 0 bridgehead atoms. The van der Waals surface area contributed by atoms with Gasteiger partial charge in [0, 0.05) is 17.3 Å². The number of nitro groups is 1. The van der Waals surface area contributed by atoms with Crippen LogP contribution in [0.5, 0.6) is 11.5 Å². The van der Waals surface area contributed by atoms with Crippen LogP contribution in [0.2, 0.25) is 0 Å². The quantitative estimate of drug-likeness (QED) is 0.580. The number of carbonyl (C=O) groups is 1. The molecule has 8 heteroatoms. The molecule has 2 N–H and O–H groups in total. The monoisotopic (exact) mass is 360 g/mol. The van der Waals surface area contributed by atoms with Crippen molar-refractivity contribution in [1.29, 1.82) is 0 Å². The lowest BCUT2D eigenvalue weighted by Gasteiger charge is -2.22. The summed E-state index contributed by atoms with van der Waals surface area (Å²) in [6, 6.07) is 10.9. The van der Waals surface area contributed by atoms with Gasteiger partial charge in [-0.2, -0.15) is 0 Å². The van der Waals surface area contributed by atoms with Gasteiger partial charge < -0.3 is 19.9 Å². The molecule has 1 unspecified atom stereocenters. The fourth-order valence-corrected chi connectivity index (χ4v) is 2.17. The molecule has 0 heterocycles. The lowest BCUT2D eigenvalue weighted by molar-refractivity contribution is -0.385. The molecule has 0 aliphatic rings. The van der Waals surface area contributed by atoms with Crippen molar-refractivity contribution in [2.45, 2.75) is 19.4 Å². The van der Waals surface area contributed by atoms with Gasteiger partial charge in [-0.05, 0) is 50.2 Å². The van der Waals surface area contributed by atoms with Crippen molar-refractivity contribution in [2.75, 3.05) is 19.0 Å². The average Bonchev–Trinajstić information content (AvgIpc) is 2.60. The van der Waals surface area contributed by atoms with E-state index < -0.39 is 16.4 Å². The SMILES string of the molecule is COc1ccc(OCC(C)(O)C(=O)Nc2ccc([N+](=O)[O-])c(C)c2)cc1. The highest BCUT2D eigenvalue weighted by Gasteiger charge is 2.31. The molecular formula is C18H20N2O6. The Bertz CT molecular complexity index is 802. The van der Waals surface area contributed by atoms with Crippen LogP contribution in [0.1, 0.15) is 12.5 Å². The van der Waals surface area contributed by atoms with E-state index in [2.05, 4.69) is 5.32 Å². The molecule has 0 aliphatic carbocycles. The third-order valence-electron chi connectivity index (χ3n) is 3.72. The Morgan fingerprint density at radius 1 is 1.23 bits per heavy atom. The third kappa shape index (κ3) is 4.70. The number of carbonyl (C=O) groups excluding carboxylic acids is 1. The maximum atomic E-state index is 12.3. The second kappa shape index (κ2) is 7.83.